The number of rotatable bonds is 8. The second kappa shape index (κ2) is 8.86. The third kappa shape index (κ3) is 4.27. The van der Waals surface area contributed by atoms with Gasteiger partial charge in [-0.25, -0.2) is 0 Å². The van der Waals surface area contributed by atoms with Gasteiger partial charge in [-0.05, 0) is 67.8 Å². The molecule has 1 saturated heterocycles. The molecule has 1 saturated carbocycles. The molecule has 0 bridgehead atoms. The molecule has 2 heterocycles. The fourth-order valence-electron chi connectivity index (χ4n) is 5.21. The maximum atomic E-state index is 12.9. The second-order valence-electron chi connectivity index (χ2n) is 9.08. The van der Waals surface area contributed by atoms with Crippen LogP contribution in [0.5, 0.6) is 0 Å². The zero-order valence-corrected chi connectivity index (χ0v) is 17.5. The first kappa shape index (κ1) is 21.0. The summed E-state index contributed by atoms with van der Waals surface area (Å²) in [7, 11) is 0. The fourth-order valence-corrected chi connectivity index (χ4v) is 5.21. The molecular weight excluding hydrogens is 380 g/mol. The van der Waals surface area contributed by atoms with E-state index in [2.05, 4.69) is 10.6 Å². The van der Waals surface area contributed by atoms with Crippen molar-refractivity contribution in [1.29, 1.82) is 0 Å². The van der Waals surface area contributed by atoms with Crippen LogP contribution < -0.4 is 16.4 Å². The minimum Gasteiger partial charge on any atom is -0.330 e. The first-order valence-electron chi connectivity index (χ1n) is 11.2. The molecule has 3 amide bonds. The lowest BCUT2D eigenvalue weighted by Gasteiger charge is -2.29. The fraction of sp³-hybridized carbons (Fsp3) is 0.609. The number of carbonyl (C=O) groups is 3. The van der Waals surface area contributed by atoms with Gasteiger partial charge in [0.15, 0.2) is 0 Å². The van der Waals surface area contributed by atoms with E-state index < -0.39 is 6.04 Å². The van der Waals surface area contributed by atoms with E-state index in [1.165, 1.54) is 32.1 Å². The SMILES string of the molecule is NCC1(CCCNCc2ccc3c(c2)C(=O)N(C2CCC(=O)NC2=O)C3)CCCC1. The number of nitrogens with two attached hydrogens (primary N) is 1. The summed E-state index contributed by atoms with van der Waals surface area (Å²) in [6.45, 7) is 2.88. The van der Waals surface area contributed by atoms with Gasteiger partial charge >= 0.3 is 0 Å². The summed E-state index contributed by atoms with van der Waals surface area (Å²) in [6, 6.07) is 5.41. The van der Waals surface area contributed by atoms with Gasteiger partial charge in [0.25, 0.3) is 5.91 Å². The molecule has 1 aromatic rings. The topological polar surface area (TPSA) is 105 Å². The highest BCUT2D eigenvalue weighted by molar-refractivity contribution is 6.05. The Labute approximate surface area is 177 Å². The van der Waals surface area contributed by atoms with Gasteiger partial charge in [0.05, 0.1) is 0 Å². The van der Waals surface area contributed by atoms with E-state index in [0.29, 0.717) is 30.5 Å². The second-order valence-corrected chi connectivity index (χ2v) is 9.08. The highest BCUT2D eigenvalue weighted by atomic mass is 16.2. The van der Waals surface area contributed by atoms with Crippen LogP contribution in [0.2, 0.25) is 0 Å². The first-order chi connectivity index (χ1) is 14.5. The number of amides is 3. The molecule has 2 aliphatic heterocycles. The van der Waals surface area contributed by atoms with Crippen LogP contribution in [0.3, 0.4) is 0 Å². The van der Waals surface area contributed by atoms with Crippen LogP contribution in [0.4, 0.5) is 0 Å². The van der Waals surface area contributed by atoms with Crippen LogP contribution in [0.1, 0.15) is 72.9 Å². The largest absolute Gasteiger partial charge is 0.330 e. The lowest BCUT2D eigenvalue weighted by Crippen LogP contribution is -2.52. The zero-order chi connectivity index (χ0) is 21.1. The molecule has 0 spiro atoms. The monoisotopic (exact) mass is 412 g/mol. The molecule has 162 valence electrons. The van der Waals surface area contributed by atoms with Crippen molar-refractivity contribution in [3.05, 3.63) is 34.9 Å². The Morgan fingerprint density at radius 1 is 1.20 bits per heavy atom. The summed E-state index contributed by atoms with van der Waals surface area (Å²) in [5.41, 5.74) is 9.07. The average molecular weight is 413 g/mol. The lowest BCUT2D eigenvalue weighted by atomic mass is 9.82. The highest BCUT2D eigenvalue weighted by Gasteiger charge is 2.39. The smallest absolute Gasteiger partial charge is 0.255 e. The van der Waals surface area contributed by atoms with Gasteiger partial charge in [0.2, 0.25) is 11.8 Å². The predicted octanol–water partition coefficient (Wildman–Crippen LogP) is 1.84. The number of piperidine rings is 1. The van der Waals surface area contributed by atoms with Crippen molar-refractivity contribution in [2.75, 3.05) is 13.1 Å². The Balaban J connectivity index is 1.29. The van der Waals surface area contributed by atoms with Crippen molar-refractivity contribution < 1.29 is 14.4 Å². The van der Waals surface area contributed by atoms with Crippen LogP contribution >= 0.6 is 0 Å². The molecule has 7 heteroatoms. The van der Waals surface area contributed by atoms with Crippen LogP contribution in [0.25, 0.3) is 0 Å². The number of hydrogen-bond donors (Lipinski definition) is 3. The number of fused-ring (bicyclic) bond motifs is 1. The van der Waals surface area contributed by atoms with E-state index in [9.17, 15) is 14.4 Å². The molecular formula is C23H32N4O3. The van der Waals surface area contributed by atoms with E-state index in [4.69, 9.17) is 5.73 Å². The van der Waals surface area contributed by atoms with Gasteiger partial charge in [-0.1, -0.05) is 25.0 Å². The van der Waals surface area contributed by atoms with E-state index in [-0.39, 0.29) is 24.1 Å². The lowest BCUT2D eigenvalue weighted by molar-refractivity contribution is -0.136. The van der Waals surface area contributed by atoms with Gasteiger partial charge < -0.3 is 16.0 Å². The average Bonchev–Trinajstić information content (AvgIpc) is 3.33. The summed E-state index contributed by atoms with van der Waals surface area (Å²) in [4.78, 5) is 38.0. The summed E-state index contributed by atoms with van der Waals surface area (Å²) >= 11 is 0. The summed E-state index contributed by atoms with van der Waals surface area (Å²) < 4.78 is 0. The Morgan fingerprint density at radius 3 is 2.73 bits per heavy atom. The van der Waals surface area contributed by atoms with E-state index in [0.717, 1.165) is 30.6 Å². The molecule has 4 N–H and O–H groups in total. The van der Waals surface area contributed by atoms with Crippen molar-refractivity contribution >= 4 is 17.7 Å². The van der Waals surface area contributed by atoms with Crippen molar-refractivity contribution in [1.82, 2.24) is 15.5 Å². The van der Waals surface area contributed by atoms with Crippen LogP contribution in [0, 0.1) is 5.41 Å². The standard InChI is InChI=1S/C23H32N4O3/c24-15-23(8-1-2-9-23)10-3-11-25-13-16-4-5-17-14-27(22(30)18(17)12-16)19-6-7-20(28)26-21(19)29/h4-5,12,19,25H,1-3,6-11,13-15,24H2,(H,26,28,29). The van der Waals surface area contributed by atoms with Crippen LogP contribution in [-0.2, 0) is 22.7 Å². The minimum absolute atomic E-state index is 0.118. The normalized spacial score (nSPS) is 23.0. The maximum absolute atomic E-state index is 12.9. The Morgan fingerprint density at radius 2 is 2.00 bits per heavy atom. The molecule has 1 aromatic carbocycles. The third-order valence-electron chi connectivity index (χ3n) is 7.08. The van der Waals surface area contributed by atoms with E-state index in [1.54, 1.807) is 4.90 Å². The van der Waals surface area contributed by atoms with Crippen LogP contribution in [-0.4, -0.2) is 41.8 Å². The molecule has 7 nitrogen and oxygen atoms in total. The molecule has 2 fully saturated rings. The molecule has 3 aliphatic rings. The Bertz CT molecular complexity index is 832. The zero-order valence-electron chi connectivity index (χ0n) is 17.5. The summed E-state index contributed by atoms with van der Waals surface area (Å²) in [6.07, 6.45) is 8.11. The first-order valence-corrected chi connectivity index (χ1v) is 11.2. The number of benzene rings is 1. The Kier molecular flexibility index (Phi) is 6.20. The number of hydrogen-bond acceptors (Lipinski definition) is 5. The summed E-state index contributed by atoms with van der Waals surface area (Å²) in [5, 5.41) is 5.83. The predicted molar refractivity (Wildman–Crippen MR) is 113 cm³/mol. The minimum atomic E-state index is -0.561. The quantitative estimate of drug-likeness (QED) is 0.446. The van der Waals surface area contributed by atoms with E-state index >= 15 is 0 Å². The molecule has 1 aliphatic carbocycles. The number of nitrogens with one attached hydrogen (secondary N) is 2. The van der Waals surface area contributed by atoms with Crippen molar-refractivity contribution in [2.45, 2.75) is 70.5 Å². The molecule has 0 aromatic heterocycles. The van der Waals surface area contributed by atoms with Gasteiger partial charge in [-0.2, -0.15) is 0 Å². The maximum Gasteiger partial charge on any atom is 0.255 e. The summed E-state index contributed by atoms with van der Waals surface area (Å²) in [5.74, 6) is -0.752. The molecule has 1 atom stereocenters. The van der Waals surface area contributed by atoms with Crippen molar-refractivity contribution in [2.24, 2.45) is 11.1 Å². The number of carbonyl (C=O) groups excluding carboxylic acids is 3. The molecule has 1 unspecified atom stereocenters. The van der Waals surface area contributed by atoms with E-state index in [1.807, 2.05) is 18.2 Å². The molecule has 4 rings (SSSR count). The van der Waals surface area contributed by atoms with Crippen molar-refractivity contribution in [3.8, 4) is 0 Å². The van der Waals surface area contributed by atoms with Crippen molar-refractivity contribution in [3.63, 3.8) is 0 Å². The Hall–Kier alpha value is -2.25. The van der Waals surface area contributed by atoms with Gasteiger partial charge in [0, 0.05) is 25.1 Å². The van der Waals surface area contributed by atoms with Gasteiger partial charge in [0.1, 0.15) is 6.04 Å². The third-order valence-corrected chi connectivity index (χ3v) is 7.08. The number of imide groups is 1. The molecule has 0 radical (unpaired) electrons. The van der Waals surface area contributed by atoms with Crippen LogP contribution in [0.15, 0.2) is 18.2 Å². The van der Waals surface area contributed by atoms with Gasteiger partial charge in [-0.15, -0.1) is 0 Å². The highest BCUT2D eigenvalue weighted by Crippen LogP contribution is 2.40. The molecule has 30 heavy (non-hydrogen) atoms. The number of nitrogens with zero attached hydrogens (tertiary/aromatic N) is 1. The van der Waals surface area contributed by atoms with Gasteiger partial charge in [-0.3, -0.25) is 19.7 Å².